The number of aliphatic hydroxyl groups excluding tert-OH is 9. The molecule has 0 aromatic heterocycles. The van der Waals surface area contributed by atoms with Crippen molar-refractivity contribution in [3.8, 4) is 0 Å². The molecule has 0 aromatic rings. The van der Waals surface area contributed by atoms with Gasteiger partial charge in [-0.15, -0.1) is 0 Å². The average Bonchev–Trinajstić information content (AvgIpc) is 3.24. The maximum absolute atomic E-state index is 13.0. The minimum Gasteiger partial charge on any atom is -0.481 e. The molecular formula is C45H70O17. The van der Waals surface area contributed by atoms with Gasteiger partial charge in [-0.05, 0) is 92.3 Å². The molecule has 0 spiro atoms. The number of aliphatic hydroxyl groups is 9. The first-order chi connectivity index (χ1) is 29.2. The highest BCUT2D eigenvalue weighted by atomic mass is 16.8. The Hall–Kier alpha value is -1.65. The van der Waals surface area contributed by atoms with Gasteiger partial charge in [0.25, 0.3) is 0 Å². The Morgan fingerprint density at radius 1 is 0.758 bits per heavy atom. The summed E-state index contributed by atoms with van der Waals surface area (Å²) in [5.41, 5.74) is 0.175. The van der Waals surface area contributed by atoms with Crippen LogP contribution in [-0.4, -0.2) is 169 Å². The van der Waals surface area contributed by atoms with Gasteiger partial charge in [-0.1, -0.05) is 51.5 Å². The molecule has 8 rings (SSSR count). The average molecular weight is 883 g/mol. The van der Waals surface area contributed by atoms with Crippen molar-refractivity contribution < 1.29 is 84.3 Å². The molecule has 352 valence electrons. The van der Waals surface area contributed by atoms with E-state index in [4.69, 9.17) is 28.4 Å². The highest BCUT2D eigenvalue weighted by Gasteiger charge is 2.70. The van der Waals surface area contributed by atoms with Crippen molar-refractivity contribution in [2.75, 3.05) is 26.4 Å². The first kappa shape index (κ1) is 46.9. The molecule has 3 aliphatic heterocycles. The zero-order chi connectivity index (χ0) is 44.9. The van der Waals surface area contributed by atoms with E-state index in [2.05, 4.69) is 33.4 Å². The van der Waals surface area contributed by atoms with E-state index >= 15 is 0 Å². The molecule has 5 aliphatic carbocycles. The van der Waals surface area contributed by atoms with Crippen LogP contribution in [0.5, 0.6) is 0 Å². The summed E-state index contributed by atoms with van der Waals surface area (Å²) in [5.74, 6) is -0.589. The summed E-state index contributed by atoms with van der Waals surface area (Å²) in [6.45, 7) is 11.7. The first-order valence-electron chi connectivity index (χ1n) is 22.6. The number of hydrogen-bond donors (Lipinski definition) is 10. The normalized spacial score (nSPS) is 54.3. The first-order valence-corrected chi connectivity index (χ1v) is 22.6. The van der Waals surface area contributed by atoms with Gasteiger partial charge in [0.15, 0.2) is 18.9 Å². The molecule has 0 aromatic carbocycles. The number of carboxylic acid groups (broad SMARTS) is 1. The Balaban J connectivity index is 1.07. The summed E-state index contributed by atoms with van der Waals surface area (Å²) in [6.07, 6.45) is -11.6. The standard InChI is InChI=1S/C45H70O17/c1-21-8-13-45(40(55)56)15-14-43(4)22(23(45)16-21)6-7-28-41(2)11-10-29(42(3,20-47)27(41)9-12-44(28,43)5)60-39-36(62-37-33(53)30(50)24(48)18-57-37)35(25(49)19-58-39)61-38-34(54)32(52)31(51)26(17-46)59-38/h6,23-39,46-54H,1,7-20H2,2-5H3,(H,55,56)/t23-,24+,25-,26+,27+,28+,29-,30-,31+,32-,33+,34+,35-,36+,37-,38-,39-,41-,42-,43+,44+,45-/m0/s1. The van der Waals surface area contributed by atoms with Crippen LogP contribution >= 0.6 is 0 Å². The highest BCUT2D eigenvalue weighted by molar-refractivity contribution is 5.77. The third-order valence-electron chi connectivity index (χ3n) is 18.1. The van der Waals surface area contributed by atoms with Crippen LogP contribution in [-0.2, 0) is 33.2 Å². The van der Waals surface area contributed by atoms with E-state index in [1.54, 1.807) is 0 Å². The minimum absolute atomic E-state index is 0.0265. The van der Waals surface area contributed by atoms with Crippen molar-refractivity contribution >= 4 is 5.97 Å². The van der Waals surface area contributed by atoms with Crippen LogP contribution in [0.4, 0.5) is 0 Å². The fourth-order valence-corrected chi connectivity index (χ4v) is 14.2. The molecule has 7 fully saturated rings. The summed E-state index contributed by atoms with van der Waals surface area (Å²) in [5, 5.41) is 107. The summed E-state index contributed by atoms with van der Waals surface area (Å²) in [6, 6.07) is 0. The van der Waals surface area contributed by atoms with Crippen LogP contribution in [0.2, 0.25) is 0 Å². The third kappa shape index (κ3) is 7.11. The number of allylic oxidation sites excluding steroid dienone is 3. The maximum Gasteiger partial charge on any atom is 0.310 e. The molecule has 17 nitrogen and oxygen atoms in total. The van der Waals surface area contributed by atoms with Gasteiger partial charge in [0.1, 0.15) is 61.0 Å². The minimum atomic E-state index is -1.83. The number of carbonyl (C=O) groups is 1. The van der Waals surface area contributed by atoms with Crippen molar-refractivity contribution in [2.45, 2.75) is 178 Å². The summed E-state index contributed by atoms with van der Waals surface area (Å²) in [7, 11) is 0. The summed E-state index contributed by atoms with van der Waals surface area (Å²) < 4.78 is 36.5. The highest BCUT2D eigenvalue weighted by Crippen LogP contribution is 2.75. The maximum atomic E-state index is 13.0. The Bertz CT molecular complexity index is 1710. The lowest BCUT2D eigenvalue weighted by Gasteiger charge is -2.71. The molecule has 0 unspecified atom stereocenters. The quantitative estimate of drug-likeness (QED) is 0.111. The van der Waals surface area contributed by atoms with Gasteiger partial charge >= 0.3 is 5.97 Å². The van der Waals surface area contributed by atoms with Gasteiger partial charge in [-0.2, -0.15) is 0 Å². The topological polar surface area (TPSA) is 275 Å². The Kier molecular flexibility index (Phi) is 12.8. The molecule has 62 heavy (non-hydrogen) atoms. The van der Waals surface area contributed by atoms with Gasteiger partial charge in [0.2, 0.25) is 0 Å². The van der Waals surface area contributed by atoms with E-state index in [9.17, 15) is 55.9 Å². The van der Waals surface area contributed by atoms with Crippen molar-refractivity contribution in [1.82, 2.24) is 0 Å². The summed E-state index contributed by atoms with van der Waals surface area (Å²) >= 11 is 0. The Labute approximate surface area is 362 Å². The SMILES string of the molecule is C=C1CC[C@]2(C(=O)O)CC[C@]3(C)C(=CC[C@@H]4[C@@]5(C)CC[C@H](O[C@@H]6OC[C@H](O)[C@H](O[C@@H]7O[C@H](CO)[C@@H](O)[C@H](O)[C@H]7O)[C@H]6O[C@@H]6OC[C@@H](O)[C@H](O)[C@H]6O)[C@@](C)(CO)[C@@H]5CC[C@]43C)[C@@H]2C1. The van der Waals surface area contributed by atoms with Crippen LogP contribution < -0.4 is 0 Å². The monoisotopic (exact) mass is 882 g/mol. The van der Waals surface area contributed by atoms with E-state index < -0.39 is 116 Å². The van der Waals surface area contributed by atoms with Gasteiger partial charge < -0.3 is 79.5 Å². The van der Waals surface area contributed by atoms with Crippen molar-refractivity contribution in [2.24, 2.45) is 44.8 Å². The second-order valence-electron chi connectivity index (χ2n) is 21.0. The Morgan fingerprint density at radius 2 is 1.44 bits per heavy atom. The second kappa shape index (κ2) is 16.9. The molecule has 17 heteroatoms. The summed E-state index contributed by atoms with van der Waals surface area (Å²) in [4.78, 5) is 13.0. The number of hydrogen-bond acceptors (Lipinski definition) is 16. The lowest BCUT2D eigenvalue weighted by molar-refractivity contribution is -0.384. The molecule has 3 heterocycles. The Morgan fingerprint density at radius 3 is 2.13 bits per heavy atom. The van der Waals surface area contributed by atoms with E-state index in [-0.39, 0.29) is 47.2 Å². The van der Waals surface area contributed by atoms with Crippen LogP contribution in [0.25, 0.3) is 0 Å². The van der Waals surface area contributed by atoms with Crippen molar-refractivity contribution in [3.05, 3.63) is 23.8 Å². The number of fused-ring (bicyclic) bond motifs is 7. The van der Waals surface area contributed by atoms with Gasteiger partial charge in [-0.3, -0.25) is 4.79 Å². The molecule has 10 N–H and O–H groups in total. The predicted octanol–water partition coefficient (Wildman–Crippen LogP) is 0.487. The molecule has 3 saturated heterocycles. The fraction of sp³-hybridized carbons (Fsp3) is 0.889. The van der Waals surface area contributed by atoms with Crippen LogP contribution in [0, 0.1) is 44.8 Å². The van der Waals surface area contributed by atoms with Crippen LogP contribution in [0.15, 0.2) is 23.8 Å². The molecule has 22 atom stereocenters. The largest absolute Gasteiger partial charge is 0.481 e. The van der Waals surface area contributed by atoms with Gasteiger partial charge in [-0.25, -0.2) is 0 Å². The number of rotatable bonds is 9. The molecule has 0 radical (unpaired) electrons. The zero-order valence-corrected chi connectivity index (χ0v) is 36.3. The van der Waals surface area contributed by atoms with Crippen molar-refractivity contribution in [1.29, 1.82) is 0 Å². The van der Waals surface area contributed by atoms with Gasteiger partial charge in [0, 0.05) is 11.3 Å². The zero-order valence-electron chi connectivity index (χ0n) is 36.3. The smallest absolute Gasteiger partial charge is 0.310 e. The number of aliphatic carboxylic acids is 1. The predicted molar refractivity (Wildman–Crippen MR) is 215 cm³/mol. The van der Waals surface area contributed by atoms with E-state index in [1.807, 2.05) is 6.92 Å². The fourth-order valence-electron chi connectivity index (χ4n) is 14.2. The molecular weight excluding hydrogens is 812 g/mol. The number of carboxylic acids is 1. The van der Waals surface area contributed by atoms with E-state index in [0.29, 0.717) is 25.7 Å². The lowest BCUT2D eigenvalue weighted by Crippen LogP contribution is -2.67. The number of ether oxygens (including phenoxy) is 6. The van der Waals surface area contributed by atoms with E-state index in [1.165, 1.54) is 5.57 Å². The lowest BCUT2D eigenvalue weighted by atomic mass is 9.34. The van der Waals surface area contributed by atoms with E-state index in [0.717, 1.165) is 44.1 Å². The van der Waals surface area contributed by atoms with Crippen LogP contribution in [0.3, 0.4) is 0 Å². The molecule has 0 amide bonds. The van der Waals surface area contributed by atoms with Crippen molar-refractivity contribution in [3.63, 3.8) is 0 Å². The molecule has 8 aliphatic rings. The molecule has 4 saturated carbocycles. The second-order valence-corrected chi connectivity index (χ2v) is 21.0. The molecule has 0 bridgehead atoms. The third-order valence-corrected chi connectivity index (χ3v) is 18.1. The van der Waals surface area contributed by atoms with Crippen LogP contribution in [0.1, 0.15) is 91.9 Å². The van der Waals surface area contributed by atoms with Gasteiger partial charge in [0.05, 0.1) is 37.9 Å².